The maximum Gasteiger partial charge on any atom is 0.246 e. The monoisotopic (exact) mass is 434 g/mol. The Morgan fingerprint density at radius 1 is 1.13 bits per heavy atom. The second-order valence-electron chi connectivity index (χ2n) is 7.87. The smallest absolute Gasteiger partial charge is 0.246 e. The van der Waals surface area contributed by atoms with Crippen molar-refractivity contribution in [1.29, 1.82) is 0 Å². The molecule has 0 radical (unpaired) electrons. The number of nitrogens with one attached hydrogen (secondary N) is 2. The number of likely N-dealkylation sites (tertiary alicyclic amines) is 1. The molecule has 0 unspecified atom stereocenters. The van der Waals surface area contributed by atoms with Crippen LogP contribution in [0.4, 0.5) is 0 Å². The van der Waals surface area contributed by atoms with Crippen LogP contribution < -0.4 is 10.0 Å². The van der Waals surface area contributed by atoms with Gasteiger partial charge in [-0.15, -0.1) is 0 Å². The number of hydrogen-bond acceptors (Lipinski definition) is 6. The lowest BCUT2D eigenvalue weighted by Gasteiger charge is -2.26. The van der Waals surface area contributed by atoms with E-state index in [9.17, 15) is 13.2 Å². The average molecular weight is 435 g/mol. The summed E-state index contributed by atoms with van der Waals surface area (Å²) in [6.07, 6.45) is 3.85. The maximum absolute atomic E-state index is 12.5. The molecule has 3 rings (SSSR count). The lowest BCUT2D eigenvalue weighted by Crippen LogP contribution is -2.44. The molecule has 9 heteroatoms. The number of nitrogens with zero attached hydrogens (tertiary/aromatic N) is 2. The molecule has 164 valence electrons. The van der Waals surface area contributed by atoms with Gasteiger partial charge in [-0.05, 0) is 57.8 Å². The van der Waals surface area contributed by atoms with Gasteiger partial charge in [0.25, 0.3) is 0 Å². The Labute approximate surface area is 178 Å². The maximum atomic E-state index is 12.5. The largest absolute Gasteiger partial charge is 0.360 e. The first kappa shape index (κ1) is 22.5. The van der Waals surface area contributed by atoms with Gasteiger partial charge in [0.05, 0.1) is 6.04 Å². The normalized spacial score (nSPS) is 16.4. The molecule has 1 saturated heterocycles. The third kappa shape index (κ3) is 5.68. The van der Waals surface area contributed by atoms with Crippen LogP contribution in [0.15, 0.2) is 33.7 Å². The van der Waals surface area contributed by atoms with Crippen molar-refractivity contribution in [2.24, 2.45) is 0 Å². The number of carbonyl (C=O) groups excluding carboxylic acids is 1. The van der Waals surface area contributed by atoms with E-state index >= 15 is 0 Å². The fourth-order valence-electron chi connectivity index (χ4n) is 3.68. The third-order valence-corrected chi connectivity index (χ3v) is 7.09. The Bertz CT molecular complexity index is 944. The summed E-state index contributed by atoms with van der Waals surface area (Å²) in [6.45, 7) is 8.16. The molecule has 1 aliphatic heterocycles. The Kier molecular flexibility index (Phi) is 7.27. The van der Waals surface area contributed by atoms with Gasteiger partial charge in [-0.2, -0.15) is 4.72 Å². The van der Waals surface area contributed by atoms with Gasteiger partial charge in [0.1, 0.15) is 10.6 Å². The summed E-state index contributed by atoms with van der Waals surface area (Å²) < 4.78 is 32.4. The quantitative estimate of drug-likeness (QED) is 0.660. The Hall–Kier alpha value is -2.23. The molecule has 8 nitrogen and oxygen atoms in total. The number of amides is 1. The minimum absolute atomic E-state index is 0.0218. The van der Waals surface area contributed by atoms with Crippen LogP contribution >= 0.6 is 0 Å². The molecular weight excluding hydrogens is 404 g/mol. The van der Waals surface area contributed by atoms with Crippen LogP contribution in [0.5, 0.6) is 0 Å². The summed E-state index contributed by atoms with van der Waals surface area (Å²) in [6, 6.07) is 7.23. The van der Waals surface area contributed by atoms with Crippen LogP contribution in [-0.2, 0) is 27.9 Å². The van der Waals surface area contributed by atoms with Gasteiger partial charge in [-0.25, -0.2) is 8.42 Å². The minimum Gasteiger partial charge on any atom is -0.360 e. The van der Waals surface area contributed by atoms with Gasteiger partial charge in [0.15, 0.2) is 5.76 Å². The highest BCUT2D eigenvalue weighted by Gasteiger charge is 2.28. The van der Waals surface area contributed by atoms with Gasteiger partial charge in [-0.1, -0.05) is 35.8 Å². The van der Waals surface area contributed by atoms with E-state index in [4.69, 9.17) is 4.52 Å². The molecule has 1 atom stereocenters. The molecule has 1 aromatic carbocycles. The van der Waals surface area contributed by atoms with Crippen molar-refractivity contribution in [2.45, 2.75) is 64.1 Å². The molecule has 2 aromatic rings. The number of aryl methyl sites for hydroxylation is 2. The Morgan fingerprint density at radius 2 is 1.77 bits per heavy atom. The first-order chi connectivity index (χ1) is 14.3. The molecular formula is C21H30N4O4S. The van der Waals surface area contributed by atoms with Crippen molar-refractivity contribution in [2.75, 3.05) is 13.1 Å². The van der Waals surface area contributed by atoms with Crippen molar-refractivity contribution < 1.29 is 17.7 Å². The second-order valence-corrected chi connectivity index (χ2v) is 9.52. The zero-order chi connectivity index (χ0) is 21.7. The summed E-state index contributed by atoms with van der Waals surface area (Å²) in [5, 5.41) is 6.44. The molecule has 1 fully saturated rings. The van der Waals surface area contributed by atoms with Crippen molar-refractivity contribution >= 4 is 15.9 Å². The lowest BCUT2D eigenvalue weighted by molar-refractivity contribution is -0.122. The summed E-state index contributed by atoms with van der Waals surface area (Å²) in [4.78, 5) is 14.8. The van der Waals surface area contributed by atoms with Crippen LogP contribution in [0, 0.1) is 13.8 Å². The van der Waals surface area contributed by atoms with Gasteiger partial charge in [-0.3, -0.25) is 9.69 Å². The number of carbonyl (C=O) groups is 1. The highest BCUT2D eigenvalue weighted by Crippen LogP contribution is 2.19. The van der Waals surface area contributed by atoms with Gasteiger partial charge >= 0.3 is 0 Å². The number of sulfonamides is 1. The van der Waals surface area contributed by atoms with Gasteiger partial charge < -0.3 is 9.84 Å². The lowest BCUT2D eigenvalue weighted by atomic mass is 10.1. The Morgan fingerprint density at radius 3 is 2.37 bits per heavy atom. The number of rotatable bonds is 8. The SMILES string of the molecule is Cc1noc(C)c1S(=O)(=O)N[C@@H](C)C(=O)NCc1ccc(CN2CCCCC2)cc1. The van der Waals surface area contributed by atoms with Crippen molar-refractivity contribution in [1.82, 2.24) is 20.1 Å². The minimum atomic E-state index is -3.90. The van der Waals surface area contributed by atoms with Crippen molar-refractivity contribution in [3.8, 4) is 0 Å². The predicted octanol–water partition coefficient (Wildman–Crippen LogP) is 2.26. The van der Waals surface area contributed by atoms with E-state index in [2.05, 4.69) is 32.2 Å². The summed E-state index contributed by atoms with van der Waals surface area (Å²) >= 11 is 0. The molecule has 2 N–H and O–H groups in total. The predicted molar refractivity (Wildman–Crippen MR) is 113 cm³/mol. The van der Waals surface area contributed by atoms with Gasteiger partial charge in [0.2, 0.25) is 15.9 Å². The fourth-order valence-corrected chi connectivity index (χ4v) is 5.22. The molecule has 0 aliphatic carbocycles. The van der Waals surface area contributed by atoms with E-state index in [1.54, 1.807) is 6.92 Å². The summed E-state index contributed by atoms with van der Waals surface area (Å²) in [5.74, 6) is -0.208. The number of piperidine rings is 1. The van der Waals surface area contributed by atoms with Gasteiger partial charge in [0, 0.05) is 13.1 Å². The topological polar surface area (TPSA) is 105 Å². The molecule has 2 heterocycles. The molecule has 0 bridgehead atoms. The zero-order valence-corrected chi connectivity index (χ0v) is 18.6. The van der Waals surface area contributed by atoms with E-state index in [-0.39, 0.29) is 16.3 Å². The third-order valence-electron chi connectivity index (χ3n) is 5.31. The second kappa shape index (κ2) is 9.72. The van der Waals surface area contributed by atoms with Crippen LogP contribution in [0.3, 0.4) is 0 Å². The standard InChI is InChI=1S/C21H30N4O4S/c1-15-20(17(3)29-23-15)30(27,28)24-16(2)21(26)22-13-18-7-9-19(10-8-18)14-25-11-5-4-6-12-25/h7-10,16,24H,4-6,11-14H2,1-3H3,(H,22,26)/t16-/m0/s1. The van der Waals surface area contributed by atoms with E-state index in [1.165, 1.54) is 38.7 Å². The van der Waals surface area contributed by atoms with Crippen molar-refractivity contribution in [3.63, 3.8) is 0 Å². The fraction of sp³-hybridized carbons (Fsp3) is 0.524. The van der Waals surface area contributed by atoms with Crippen LogP contribution in [-0.4, -0.2) is 43.5 Å². The molecule has 1 aliphatic rings. The average Bonchev–Trinajstić information content (AvgIpc) is 3.06. The van der Waals surface area contributed by atoms with Crippen LogP contribution in [0.2, 0.25) is 0 Å². The molecule has 1 amide bonds. The number of hydrogen-bond donors (Lipinski definition) is 2. The highest BCUT2D eigenvalue weighted by molar-refractivity contribution is 7.89. The summed E-state index contributed by atoms with van der Waals surface area (Å²) in [7, 11) is -3.90. The molecule has 30 heavy (non-hydrogen) atoms. The van der Waals surface area contributed by atoms with E-state index in [0.717, 1.165) is 25.2 Å². The summed E-state index contributed by atoms with van der Waals surface area (Å²) in [5.41, 5.74) is 2.48. The van der Waals surface area contributed by atoms with E-state index < -0.39 is 22.0 Å². The molecule has 0 spiro atoms. The highest BCUT2D eigenvalue weighted by atomic mass is 32.2. The first-order valence-corrected chi connectivity index (χ1v) is 11.8. The van der Waals surface area contributed by atoms with Crippen molar-refractivity contribution in [3.05, 3.63) is 46.8 Å². The molecule has 1 aromatic heterocycles. The first-order valence-electron chi connectivity index (χ1n) is 10.3. The van der Waals surface area contributed by atoms with E-state index in [0.29, 0.717) is 6.54 Å². The zero-order valence-electron chi connectivity index (χ0n) is 17.8. The molecule has 0 saturated carbocycles. The van der Waals surface area contributed by atoms with E-state index in [1.807, 2.05) is 12.1 Å². The van der Waals surface area contributed by atoms with Crippen LogP contribution in [0.1, 0.15) is 48.8 Å². The Balaban J connectivity index is 1.51. The van der Waals surface area contributed by atoms with Crippen LogP contribution in [0.25, 0.3) is 0 Å². The number of benzene rings is 1. The number of aromatic nitrogens is 1.